The van der Waals surface area contributed by atoms with Gasteiger partial charge in [0.25, 0.3) is 0 Å². The first kappa shape index (κ1) is 12.8. The van der Waals surface area contributed by atoms with E-state index in [4.69, 9.17) is 5.73 Å². The van der Waals surface area contributed by atoms with Crippen molar-refractivity contribution in [2.24, 2.45) is 5.73 Å². The first-order valence-electron chi connectivity index (χ1n) is 6.08. The number of rotatable bonds is 3. The molecule has 2 rings (SSSR count). The summed E-state index contributed by atoms with van der Waals surface area (Å²) in [5.41, 5.74) is 5.96. The molecule has 1 unspecified atom stereocenters. The number of benzene rings is 2. The van der Waals surface area contributed by atoms with Crippen molar-refractivity contribution in [2.75, 3.05) is 0 Å². The molecule has 0 aromatic heterocycles. The largest absolute Gasteiger partial charge is 0.371 e. The molecule has 0 fully saturated rings. The molecule has 0 aliphatic rings. The van der Waals surface area contributed by atoms with Gasteiger partial charge in [0.05, 0.1) is 0 Å². The van der Waals surface area contributed by atoms with Crippen LogP contribution in [0.4, 0.5) is 0 Å². The minimum Gasteiger partial charge on any atom is -0.371 e. The minimum atomic E-state index is -1.41. The maximum atomic E-state index is 10.7. The van der Waals surface area contributed by atoms with Crippen molar-refractivity contribution in [2.45, 2.75) is 25.0 Å². The second-order valence-corrected chi connectivity index (χ2v) is 5.12. The zero-order valence-corrected chi connectivity index (χ0v) is 10.8. The molecule has 2 aromatic carbocycles. The smallest absolute Gasteiger partial charge is 0.148 e. The van der Waals surface area contributed by atoms with Crippen LogP contribution in [0, 0.1) is 0 Å². The van der Waals surface area contributed by atoms with Crippen LogP contribution in [0.5, 0.6) is 0 Å². The maximum Gasteiger partial charge on any atom is 0.148 e. The Labute approximate surface area is 108 Å². The van der Waals surface area contributed by atoms with E-state index in [1.54, 1.807) is 0 Å². The van der Waals surface area contributed by atoms with Gasteiger partial charge in [0.2, 0.25) is 0 Å². The van der Waals surface area contributed by atoms with E-state index in [1.165, 1.54) is 0 Å². The summed E-state index contributed by atoms with van der Waals surface area (Å²) in [6.07, 6.45) is 0. The quantitative estimate of drug-likeness (QED) is 0.812. The Kier molecular flexibility index (Phi) is 3.24. The Hall–Kier alpha value is -1.64. The van der Waals surface area contributed by atoms with Crippen LogP contribution in [0.15, 0.2) is 60.7 Å². The Morgan fingerprint density at radius 1 is 0.778 bits per heavy atom. The van der Waals surface area contributed by atoms with E-state index in [0.29, 0.717) is 0 Å². The Morgan fingerprint density at radius 3 is 1.61 bits per heavy atom. The van der Waals surface area contributed by atoms with Gasteiger partial charge in [-0.15, -0.1) is 0 Å². The molecule has 2 nitrogen and oxygen atoms in total. The lowest BCUT2D eigenvalue weighted by atomic mass is 9.72. The highest BCUT2D eigenvalue weighted by atomic mass is 16.3. The molecule has 2 heteroatoms. The molecule has 18 heavy (non-hydrogen) atoms. The lowest BCUT2D eigenvalue weighted by molar-refractivity contribution is -0.0262. The molecule has 0 bridgehead atoms. The third-order valence-electron chi connectivity index (χ3n) is 3.66. The molecule has 3 N–H and O–H groups in total. The zero-order chi connectivity index (χ0) is 13.2. The van der Waals surface area contributed by atoms with Gasteiger partial charge >= 0.3 is 0 Å². The van der Waals surface area contributed by atoms with Gasteiger partial charge in [-0.2, -0.15) is 0 Å². The van der Waals surface area contributed by atoms with Crippen LogP contribution >= 0.6 is 0 Å². The summed E-state index contributed by atoms with van der Waals surface area (Å²) in [5.74, 6) is 0. The molecule has 0 aliphatic heterocycles. The van der Waals surface area contributed by atoms with Crippen LogP contribution in [-0.2, 0) is 11.1 Å². The van der Waals surface area contributed by atoms with Crippen molar-refractivity contribution in [1.29, 1.82) is 0 Å². The van der Waals surface area contributed by atoms with Crippen molar-refractivity contribution in [3.05, 3.63) is 71.8 Å². The van der Waals surface area contributed by atoms with E-state index >= 15 is 0 Å². The van der Waals surface area contributed by atoms with Crippen molar-refractivity contribution >= 4 is 0 Å². The summed E-state index contributed by atoms with van der Waals surface area (Å²) in [7, 11) is 0. The minimum absolute atomic E-state index is 0.574. The molecule has 0 heterocycles. The standard InChI is InChI=1S/C16H19NO/c1-15(2,13-9-5-3-6-10-13)16(17,18)14-11-7-4-8-12-14/h3-12,18H,17H2,1-2H3. The molecule has 0 aliphatic carbocycles. The monoisotopic (exact) mass is 241 g/mol. The highest BCUT2D eigenvalue weighted by Crippen LogP contribution is 2.38. The van der Waals surface area contributed by atoms with Crippen LogP contribution in [0.25, 0.3) is 0 Å². The second kappa shape index (κ2) is 4.56. The Bertz CT molecular complexity index is 454. The molecule has 94 valence electrons. The molecule has 2 aromatic rings. The van der Waals surface area contributed by atoms with Gasteiger partial charge in [0.1, 0.15) is 5.72 Å². The Morgan fingerprint density at radius 2 is 1.17 bits per heavy atom. The molecular weight excluding hydrogens is 222 g/mol. The normalized spacial score (nSPS) is 15.1. The maximum absolute atomic E-state index is 10.7. The second-order valence-electron chi connectivity index (χ2n) is 5.12. The number of aliphatic hydroxyl groups is 1. The van der Waals surface area contributed by atoms with Gasteiger partial charge in [-0.1, -0.05) is 74.5 Å². The van der Waals surface area contributed by atoms with Gasteiger partial charge in [-0.05, 0) is 11.1 Å². The van der Waals surface area contributed by atoms with E-state index in [1.807, 2.05) is 74.5 Å². The summed E-state index contributed by atoms with van der Waals surface area (Å²) in [5, 5.41) is 10.7. The van der Waals surface area contributed by atoms with Crippen LogP contribution in [-0.4, -0.2) is 5.11 Å². The SMILES string of the molecule is CC(C)(c1ccccc1)C(N)(O)c1ccccc1. The van der Waals surface area contributed by atoms with Crippen LogP contribution in [0.2, 0.25) is 0 Å². The molecule has 0 spiro atoms. The summed E-state index contributed by atoms with van der Waals surface area (Å²) >= 11 is 0. The molecule has 1 atom stereocenters. The van der Waals surface area contributed by atoms with Crippen LogP contribution in [0.3, 0.4) is 0 Å². The molecule has 0 saturated heterocycles. The van der Waals surface area contributed by atoms with Crippen molar-refractivity contribution in [3.63, 3.8) is 0 Å². The highest BCUT2D eigenvalue weighted by molar-refractivity contribution is 5.33. The van der Waals surface area contributed by atoms with E-state index in [-0.39, 0.29) is 0 Å². The van der Waals surface area contributed by atoms with E-state index in [2.05, 4.69) is 0 Å². The topological polar surface area (TPSA) is 46.2 Å². The van der Waals surface area contributed by atoms with Crippen LogP contribution in [0.1, 0.15) is 25.0 Å². The zero-order valence-electron chi connectivity index (χ0n) is 10.8. The first-order chi connectivity index (χ1) is 8.46. The number of hydrogen-bond donors (Lipinski definition) is 2. The predicted molar refractivity (Wildman–Crippen MR) is 74.0 cm³/mol. The van der Waals surface area contributed by atoms with Gasteiger partial charge in [0.15, 0.2) is 0 Å². The fraction of sp³-hybridized carbons (Fsp3) is 0.250. The first-order valence-corrected chi connectivity index (χ1v) is 6.08. The summed E-state index contributed by atoms with van der Waals surface area (Å²) in [6, 6.07) is 19.2. The third kappa shape index (κ3) is 2.05. The summed E-state index contributed by atoms with van der Waals surface area (Å²) in [6.45, 7) is 3.91. The van der Waals surface area contributed by atoms with Crippen LogP contribution < -0.4 is 5.73 Å². The number of nitrogens with two attached hydrogens (primary N) is 1. The average molecular weight is 241 g/mol. The van der Waals surface area contributed by atoms with E-state index in [9.17, 15) is 5.11 Å². The van der Waals surface area contributed by atoms with Gasteiger partial charge in [-0.25, -0.2) is 0 Å². The highest BCUT2D eigenvalue weighted by Gasteiger charge is 2.42. The number of hydrogen-bond acceptors (Lipinski definition) is 2. The summed E-state index contributed by atoms with van der Waals surface area (Å²) in [4.78, 5) is 0. The fourth-order valence-electron chi connectivity index (χ4n) is 2.13. The van der Waals surface area contributed by atoms with Crippen molar-refractivity contribution in [1.82, 2.24) is 0 Å². The average Bonchev–Trinajstić information content (AvgIpc) is 2.40. The summed E-state index contributed by atoms with van der Waals surface area (Å²) < 4.78 is 0. The predicted octanol–water partition coefficient (Wildman–Crippen LogP) is 2.77. The molecule has 0 radical (unpaired) electrons. The lowest BCUT2D eigenvalue weighted by Crippen LogP contribution is -2.52. The van der Waals surface area contributed by atoms with Crippen molar-refractivity contribution < 1.29 is 5.11 Å². The molecule has 0 saturated carbocycles. The third-order valence-corrected chi connectivity index (χ3v) is 3.66. The lowest BCUT2D eigenvalue weighted by Gasteiger charge is -2.40. The fourth-order valence-corrected chi connectivity index (χ4v) is 2.13. The van der Waals surface area contributed by atoms with E-state index in [0.717, 1.165) is 11.1 Å². The van der Waals surface area contributed by atoms with Gasteiger partial charge in [-0.3, -0.25) is 5.73 Å². The van der Waals surface area contributed by atoms with Gasteiger partial charge < -0.3 is 5.11 Å². The van der Waals surface area contributed by atoms with E-state index < -0.39 is 11.1 Å². The van der Waals surface area contributed by atoms with Gasteiger partial charge in [0, 0.05) is 5.41 Å². The Balaban J connectivity index is 2.47. The molecular formula is C16H19NO. The molecule has 0 amide bonds. The van der Waals surface area contributed by atoms with Crippen molar-refractivity contribution in [3.8, 4) is 0 Å².